The molecule has 0 aromatic heterocycles. The molecule has 0 saturated heterocycles. The minimum absolute atomic E-state index is 0.172. The SMILES string of the molecule is Cc1ccc(C(=O)NCCCOC(C)C)cc1NC(=O)C1=CSCCO1. The van der Waals surface area contributed by atoms with Crippen LogP contribution < -0.4 is 10.6 Å². The molecular weight excluding hydrogens is 352 g/mol. The maximum Gasteiger partial charge on any atom is 0.291 e. The van der Waals surface area contributed by atoms with Crippen LogP contribution in [0.15, 0.2) is 29.4 Å². The lowest BCUT2D eigenvalue weighted by atomic mass is 10.1. The van der Waals surface area contributed by atoms with Gasteiger partial charge < -0.3 is 20.1 Å². The smallest absolute Gasteiger partial charge is 0.291 e. The van der Waals surface area contributed by atoms with Crippen molar-refractivity contribution in [3.05, 3.63) is 40.5 Å². The van der Waals surface area contributed by atoms with Crippen LogP contribution in [0.25, 0.3) is 0 Å². The van der Waals surface area contributed by atoms with E-state index in [1.165, 1.54) is 0 Å². The Bertz CT molecular complexity index is 674. The van der Waals surface area contributed by atoms with E-state index in [-0.39, 0.29) is 17.9 Å². The number of aryl methyl sites for hydroxylation is 1. The summed E-state index contributed by atoms with van der Waals surface area (Å²) >= 11 is 1.55. The Morgan fingerprint density at radius 2 is 2.12 bits per heavy atom. The van der Waals surface area contributed by atoms with Gasteiger partial charge in [0.05, 0.1) is 12.7 Å². The van der Waals surface area contributed by atoms with E-state index in [1.54, 1.807) is 29.3 Å². The molecule has 0 aliphatic carbocycles. The van der Waals surface area contributed by atoms with E-state index in [1.807, 2.05) is 26.8 Å². The summed E-state index contributed by atoms with van der Waals surface area (Å²) in [5, 5.41) is 7.40. The number of benzene rings is 1. The molecule has 0 unspecified atom stereocenters. The summed E-state index contributed by atoms with van der Waals surface area (Å²) in [6, 6.07) is 5.25. The number of hydrogen-bond donors (Lipinski definition) is 2. The highest BCUT2D eigenvalue weighted by Crippen LogP contribution is 2.20. The highest BCUT2D eigenvalue weighted by molar-refractivity contribution is 8.02. The zero-order valence-corrected chi connectivity index (χ0v) is 16.3. The number of ether oxygens (including phenoxy) is 2. The Balaban J connectivity index is 1.92. The molecule has 0 saturated carbocycles. The average molecular weight is 378 g/mol. The molecule has 0 bridgehead atoms. The van der Waals surface area contributed by atoms with Gasteiger partial charge in [-0.25, -0.2) is 0 Å². The summed E-state index contributed by atoms with van der Waals surface area (Å²) in [4.78, 5) is 24.6. The highest BCUT2D eigenvalue weighted by atomic mass is 32.2. The Morgan fingerprint density at radius 1 is 1.31 bits per heavy atom. The molecule has 1 heterocycles. The Labute approximate surface area is 158 Å². The third kappa shape index (κ3) is 6.38. The van der Waals surface area contributed by atoms with Crippen molar-refractivity contribution >= 4 is 29.3 Å². The van der Waals surface area contributed by atoms with E-state index in [4.69, 9.17) is 9.47 Å². The minimum Gasteiger partial charge on any atom is -0.487 e. The third-order valence-electron chi connectivity index (χ3n) is 3.68. The molecule has 2 amide bonds. The first kappa shape index (κ1) is 20.3. The van der Waals surface area contributed by atoms with Crippen LogP contribution in [-0.4, -0.2) is 43.4 Å². The summed E-state index contributed by atoms with van der Waals surface area (Å²) in [6.45, 7) is 7.51. The Hall–Kier alpha value is -1.99. The molecule has 1 aromatic carbocycles. The topological polar surface area (TPSA) is 76.7 Å². The first-order chi connectivity index (χ1) is 12.5. The second-order valence-electron chi connectivity index (χ2n) is 6.21. The van der Waals surface area contributed by atoms with Gasteiger partial charge in [-0.2, -0.15) is 0 Å². The third-order valence-corrected chi connectivity index (χ3v) is 4.46. The van der Waals surface area contributed by atoms with Gasteiger partial charge in [0, 0.05) is 35.6 Å². The van der Waals surface area contributed by atoms with Crippen molar-refractivity contribution in [2.24, 2.45) is 0 Å². The van der Waals surface area contributed by atoms with Crippen molar-refractivity contribution in [2.75, 3.05) is 30.8 Å². The fourth-order valence-corrected chi connectivity index (χ4v) is 2.89. The fraction of sp³-hybridized carbons (Fsp3) is 0.474. The monoisotopic (exact) mass is 378 g/mol. The largest absolute Gasteiger partial charge is 0.487 e. The van der Waals surface area contributed by atoms with Gasteiger partial charge in [-0.1, -0.05) is 6.07 Å². The minimum atomic E-state index is -0.302. The van der Waals surface area contributed by atoms with E-state index >= 15 is 0 Å². The highest BCUT2D eigenvalue weighted by Gasteiger charge is 2.16. The van der Waals surface area contributed by atoms with Crippen molar-refractivity contribution in [1.82, 2.24) is 5.32 Å². The summed E-state index contributed by atoms with van der Waals surface area (Å²) in [5.74, 6) is 0.673. The number of rotatable bonds is 8. The molecule has 0 fully saturated rings. The molecule has 2 rings (SSSR count). The molecule has 142 valence electrons. The molecule has 1 aliphatic rings. The van der Waals surface area contributed by atoms with Gasteiger partial charge in [0.2, 0.25) is 0 Å². The second kappa shape index (κ2) is 10.2. The van der Waals surface area contributed by atoms with Gasteiger partial charge in [-0.3, -0.25) is 9.59 Å². The summed E-state index contributed by atoms with van der Waals surface area (Å²) in [7, 11) is 0. The Morgan fingerprint density at radius 3 is 2.81 bits per heavy atom. The predicted octanol–water partition coefficient (Wildman–Crippen LogP) is 3.08. The van der Waals surface area contributed by atoms with Crippen LogP contribution in [0.2, 0.25) is 0 Å². The van der Waals surface area contributed by atoms with E-state index in [0.717, 1.165) is 17.7 Å². The van der Waals surface area contributed by atoms with E-state index in [9.17, 15) is 9.59 Å². The number of carbonyl (C=O) groups excluding carboxylic acids is 2. The molecular formula is C19H26N2O4S. The van der Waals surface area contributed by atoms with Crippen LogP contribution in [0.3, 0.4) is 0 Å². The lowest BCUT2D eigenvalue weighted by molar-refractivity contribution is -0.116. The van der Waals surface area contributed by atoms with Crippen molar-refractivity contribution in [3.63, 3.8) is 0 Å². The van der Waals surface area contributed by atoms with Crippen molar-refractivity contribution < 1.29 is 19.1 Å². The van der Waals surface area contributed by atoms with Crippen LogP contribution in [0.5, 0.6) is 0 Å². The van der Waals surface area contributed by atoms with Crippen LogP contribution in [0.4, 0.5) is 5.69 Å². The molecule has 26 heavy (non-hydrogen) atoms. The van der Waals surface area contributed by atoms with Gasteiger partial charge in [-0.05, 0) is 44.9 Å². The first-order valence-electron chi connectivity index (χ1n) is 8.73. The summed E-state index contributed by atoms with van der Waals surface area (Å²) in [5.41, 5.74) is 1.98. The normalized spacial score (nSPS) is 13.8. The lowest BCUT2D eigenvalue weighted by Crippen LogP contribution is -2.26. The predicted molar refractivity (Wildman–Crippen MR) is 104 cm³/mol. The number of nitrogens with one attached hydrogen (secondary N) is 2. The second-order valence-corrected chi connectivity index (χ2v) is 7.19. The fourth-order valence-electron chi connectivity index (χ4n) is 2.26. The van der Waals surface area contributed by atoms with E-state index in [0.29, 0.717) is 36.8 Å². The maximum atomic E-state index is 12.3. The van der Waals surface area contributed by atoms with E-state index in [2.05, 4.69) is 10.6 Å². The number of amides is 2. The summed E-state index contributed by atoms with van der Waals surface area (Å²) < 4.78 is 10.8. The maximum absolute atomic E-state index is 12.3. The molecule has 0 radical (unpaired) electrons. The van der Waals surface area contributed by atoms with Crippen molar-refractivity contribution in [3.8, 4) is 0 Å². The van der Waals surface area contributed by atoms with Crippen LogP contribution in [0, 0.1) is 6.92 Å². The van der Waals surface area contributed by atoms with Gasteiger partial charge >= 0.3 is 0 Å². The number of carbonyl (C=O) groups is 2. The van der Waals surface area contributed by atoms with Crippen LogP contribution in [-0.2, 0) is 14.3 Å². The zero-order valence-electron chi connectivity index (χ0n) is 15.5. The summed E-state index contributed by atoms with van der Waals surface area (Å²) in [6.07, 6.45) is 0.943. The van der Waals surface area contributed by atoms with Crippen molar-refractivity contribution in [1.29, 1.82) is 0 Å². The van der Waals surface area contributed by atoms with Crippen molar-refractivity contribution in [2.45, 2.75) is 33.3 Å². The van der Waals surface area contributed by atoms with Gasteiger partial charge in [-0.15, -0.1) is 11.8 Å². The Kier molecular flexibility index (Phi) is 8.00. The quantitative estimate of drug-likeness (QED) is 0.680. The van der Waals surface area contributed by atoms with Crippen LogP contribution >= 0.6 is 11.8 Å². The number of hydrogen-bond acceptors (Lipinski definition) is 5. The molecule has 1 aromatic rings. The molecule has 7 heteroatoms. The molecule has 0 atom stereocenters. The molecule has 1 aliphatic heterocycles. The molecule has 2 N–H and O–H groups in total. The lowest BCUT2D eigenvalue weighted by Gasteiger charge is -2.15. The standard InChI is InChI=1S/C19H26N2O4S/c1-13(2)24-8-4-7-20-18(22)15-6-5-14(3)16(11-15)21-19(23)17-12-26-10-9-25-17/h5-6,11-13H,4,7-10H2,1-3H3,(H,20,22)(H,21,23). The van der Waals surface area contributed by atoms with Gasteiger partial charge in [0.15, 0.2) is 5.76 Å². The molecule has 0 spiro atoms. The van der Waals surface area contributed by atoms with E-state index < -0.39 is 0 Å². The van der Waals surface area contributed by atoms with Gasteiger partial charge in [0.25, 0.3) is 11.8 Å². The number of anilines is 1. The molecule has 6 nitrogen and oxygen atoms in total. The first-order valence-corrected chi connectivity index (χ1v) is 9.78. The van der Waals surface area contributed by atoms with Crippen LogP contribution in [0.1, 0.15) is 36.2 Å². The number of thioether (sulfide) groups is 1. The zero-order chi connectivity index (χ0) is 18.9. The average Bonchev–Trinajstić information content (AvgIpc) is 2.63. The van der Waals surface area contributed by atoms with Gasteiger partial charge in [0.1, 0.15) is 0 Å².